The molecule has 0 aromatic heterocycles. The van der Waals surface area contributed by atoms with Gasteiger partial charge in [-0.2, -0.15) is 0 Å². The van der Waals surface area contributed by atoms with Crippen LogP contribution >= 0.6 is 27.5 Å². The van der Waals surface area contributed by atoms with E-state index in [0.717, 1.165) is 0 Å². The zero-order valence-electron chi connectivity index (χ0n) is 11.8. The lowest BCUT2D eigenvalue weighted by atomic mass is 10.00. The molecule has 0 saturated heterocycles. The maximum Gasteiger partial charge on any atom is 0.194 e. The molecule has 23 heavy (non-hydrogen) atoms. The van der Waals surface area contributed by atoms with E-state index in [4.69, 9.17) is 11.6 Å². The zero-order chi connectivity index (χ0) is 17.1. The summed E-state index contributed by atoms with van der Waals surface area (Å²) in [6.45, 7) is 1.63. The lowest BCUT2D eigenvalue weighted by molar-refractivity contribution is 0.103. The molecule has 4 nitrogen and oxygen atoms in total. The molecule has 0 fully saturated rings. The first kappa shape index (κ1) is 18.2. The second kappa shape index (κ2) is 7.63. The zero-order valence-corrected chi connectivity index (χ0v) is 15.0. The molecule has 122 valence electrons. The monoisotopic (exact) mass is 418 g/mol. The Kier molecular flexibility index (Phi) is 6.05. The van der Waals surface area contributed by atoms with Gasteiger partial charge in [0.25, 0.3) is 0 Å². The van der Waals surface area contributed by atoms with Crippen molar-refractivity contribution < 1.29 is 17.9 Å². The standard InChI is InChI=1S/C15H12BrClFNO3S/c1-8(19-23(21)22)11-6-13(16)12(7-14(11)17)15(20)9-2-4-10(18)5-3-9/h2-8,19H,1H3,(H,21,22)/p-1. The number of hydrogen-bond donors (Lipinski definition) is 1. The van der Waals surface area contributed by atoms with Crippen LogP contribution in [0, 0.1) is 5.82 Å². The summed E-state index contributed by atoms with van der Waals surface area (Å²) in [7, 11) is 0. The highest BCUT2D eigenvalue weighted by molar-refractivity contribution is 9.10. The highest BCUT2D eigenvalue weighted by Gasteiger charge is 2.18. The van der Waals surface area contributed by atoms with Gasteiger partial charge in [-0.15, -0.1) is 0 Å². The third-order valence-electron chi connectivity index (χ3n) is 3.18. The molecule has 0 heterocycles. The van der Waals surface area contributed by atoms with Crippen LogP contribution in [0.1, 0.15) is 34.5 Å². The second-order valence-electron chi connectivity index (χ2n) is 4.76. The Morgan fingerprint density at radius 1 is 1.35 bits per heavy atom. The fourth-order valence-corrected chi connectivity index (χ4v) is 3.32. The van der Waals surface area contributed by atoms with E-state index in [0.29, 0.717) is 21.2 Å². The summed E-state index contributed by atoms with van der Waals surface area (Å²) in [5, 5.41) is 0.254. The van der Waals surface area contributed by atoms with E-state index in [1.54, 1.807) is 13.0 Å². The van der Waals surface area contributed by atoms with E-state index < -0.39 is 23.1 Å². The number of rotatable bonds is 5. The van der Waals surface area contributed by atoms with Crippen LogP contribution < -0.4 is 4.72 Å². The minimum Gasteiger partial charge on any atom is -0.760 e. The number of carbonyl (C=O) groups excluding carboxylic acids is 1. The van der Waals surface area contributed by atoms with E-state index >= 15 is 0 Å². The molecule has 2 unspecified atom stereocenters. The van der Waals surface area contributed by atoms with Crippen LogP contribution in [0.5, 0.6) is 0 Å². The maximum absolute atomic E-state index is 12.9. The molecule has 8 heteroatoms. The molecule has 0 aliphatic heterocycles. The number of halogens is 3. The normalized spacial score (nSPS) is 13.6. The first-order valence-corrected chi connectivity index (χ1v) is 8.69. The molecule has 1 N–H and O–H groups in total. The predicted octanol–water partition coefficient (Wildman–Crippen LogP) is 3.92. The fourth-order valence-electron chi connectivity index (χ4n) is 2.03. The van der Waals surface area contributed by atoms with Crippen LogP contribution in [0.2, 0.25) is 5.02 Å². The summed E-state index contributed by atoms with van der Waals surface area (Å²) >= 11 is 7.02. The third-order valence-corrected chi connectivity index (χ3v) is 4.71. The van der Waals surface area contributed by atoms with E-state index in [1.807, 2.05) is 0 Å². The van der Waals surface area contributed by atoms with Crippen LogP contribution in [-0.2, 0) is 11.3 Å². The Bertz CT molecular complexity index is 770. The van der Waals surface area contributed by atoms with Gasteiger partial charge in [0.1, 0.15) is 5.82 Å². The van der Waals surface area contributed by atoms with Crippen molar-refractivity contribution in [1.29, 1.82) is 0 Å². The van der Waals surface area contributed by atoms with Crippen LogP contribution in [0.4, 0.5) is 4.39 Å². The highest BCUT2D eigenvalue weighted by Crippen LogP contribution is 2.31. The van der Waals surface area contributed by atoms with Crippen molar-refractivity contribution in [3.8, 4) is 0 Å². The largest absolute Gasteiger partial charge is 0.760 e. The molecule has 0 radical (unpaired) electrons. The molecule has 2 rings (SSSR count). The van der Waals surface area contributed by atoms with Gasteiger partial charge < -0.3 is 4.55 Å². The lowest BCUT2D eigenvalue weighted by Gasteiger charge is -2.18. The van der Waals surface area contributed by atoms with Gasteiger partial charge in [-0.3, -0.25) is 9.00 Å². The average Bonchev–Trinajstić information content (AvgIpc) is 2.48. The van der Waals surface area contributed by atoms with E-state index in [-0.39, 0.29) is 10.8 Å². The van der Waals surface area contributed by atoms with Gasteiger partial charge >= 0.3 is 0 Å². The van der Waals surface area contributed by atoms with E-state index in [1.165, 1.54) is 30.3 Å². The SMILES string of the molecule is CC(NS(=O)[O-])c1cc(Br)c(C(=O)c2ccc(F)cc2)cc1Cl. The number of hydrogen-bond acceptors (Lipinski definition) is 3. The maximum atomic E-state index is 12.9. The number of carbonyl (C=O) groups is 1. The molecule has 0 saturated carbocycles. The lowest BCUT2D eigenvalue weighted by Crippen LogP contribution is -2.21. The van der Waals surface area contributed by atoms with Crippen molar-refractivity contribution in [1.82, 2.24) is 4.72 Å². The molecule has 0 aliphatic rings. The summed E-state index contributed by atoms with van der Waals surface area (Å²) in [6, 6.07) is 7.67. The Morgan fingerprint density at radius 2 is 1.96 bits per heavy atom. The Balaban J connectivity index is 2.38. The topological polar surface area (TPSA) is 69.2 Å². The molecular formula is C15H11BrClFNO3S-. The van der Waals surface area contributed by atoms with Crippen molar-refractivity contribution in [2.24, 2.45) is 0 Å². The molecule has 0 aliphatic carbocycles. The molecule has 0 amide bonds. The van der Waals surface area contributed by atoms with E-state index in [9.17, 15) is 17.9 Å². The molecule has 0 spiro atoms. The number of ketones is 1. The summed E-state index contributed by atoms with van der Waals surface area (Å²) in [6.07, 6.45) is 0. The first-order valence-electron chi connectivity index (χ1n) is 6.44. The smallest absolute Gasteiger partial charge is 0.194 e. The summed E-state index contributed by atoms with van der Waals surface area (Å²) in [5.74, 6) is -0.752. The van der Waals surface area contributed by atoms with Crippen LogP contribution in [0.3, 0.4) is 0 Å². The van der Waals surface area contributed by atoms with Gasteiger partial charge in [0.15, 0.2) is 5.78 Å². The molecule has 2 aromatic carbocycles. The predicted molar refractivity (Wildman–Crippen MR) is 89.5 cm³/mol. The molecule has 2 aromatic rings. The molecule has 0 bridgehead atoms. The van der Waals surface area contributed by atoms with Crippen LogP contribution in [-0.4, -0.2) is 14.5 Å². The highest BCUT2D eigenvalue weighted by atomic mass is 79.9. The van der Waals surface area contributed by atoms with Crippen molar-refractivity contribution >= 4 is 44.6 Å². The first-order chi connectivity index (χ1) is 10.8. The fraction of sp³-hybridized carbons (Fsp3) is 0.133. The van der Waals surface area contributed by atoms with Crippen molar-refractivity contribution in [2.45, 2.75) is 13.0 Å². The number of nitrogens with one attached hydrogen (secondary N) is 1. The van der Waals surface area contributed by atoms with Gasteiger partial charge in [-0.1, -0.05) is 27.5 Å². The molecular weight excluding hydrogens is 409 g/mol. The molecule has 2 atom stereocenters. The quantitative estimate of drug-likeness (QED) is 0.590. The van der Waals surface area contributed by atoms with Crippen LogP contribution in [0.25, 0.3) is 0 Å². The van der Waals surface area contributed by atoms with Gasteiger partial charge in [-0.25, -0.2) is 9.11 Å². The third kappa shape index (κ3) is 4.45. The van der Waals surface area contributed by atoms with Gasteiger partial charge in [0.05, 0.1) is 0 Å². The Morgan fingerprint density at radius 3 is 2.52 bits per heavy atom. The van der Waals surface area contributed by atoms with Gasteiger partial charge in [-0.05, 0) is 48.9 Å². The van der Waals surface area contributed by atoms with Gasteiger partial charge in [0.2, 0.25) is 0 Å². The van der Waals surface area contributed by atoms with Crippen molar-refractivity contribution in [3.05, 3.63) is 68.4 Å². The summed E-state index contributed by atoms with van der Waals surface area (Å²) < 4.78 is 37.1. The Labute approximate surface area is 148 Å². The number of benzene rings is 2. The summed E-state index contributed by atoms with van der Waals surface area (Å²) in [4.78, 5) is 12.5. The minimum absolute atomic E-state index is 0.254. The minimum atomic E-state index is -2.43. The Hall–Kier alpha value is -1.12. The average molecular weight is 420 g/mol. The summed E-state index contributed by atoms with van der Waals surface area (Å²) in [5.41, 5.74) is 1.15. The van der Waals surface area contributed by atoms with Gasteiger partial charge in [0, 0.05) is 37.9 Å². The van der Waals surface area contributed by atoms with Crippen LogP contribution in [0.15, 0.2) is 40.9 Å². The van der Waals surface area contributed by atoms with Crippen molar-refractivity contribution in [2.75, 3.05) is 0 Å². The second-order valence-corrected chi connectivity index (χ2v) is 6.73. The van der Waals surface area contributed by atoms with Crippen molar-refractivity contribution in [3.63, 3.8) is 0 Å². The van der Waals surface area contributed by atoms with E-state index in [2.05, 4.69) is 20.7 Å².